The minimum atomic E-state index is -0.321. The van der Waals surface area contributed by atoms with Crippen molar-refractivity contribution in [2.45, 2.75) is 50.8 Å². The van der Waals surface area contributed by atoms with Crippen molar-refractivity contribution >= 4 is 0 Å². The first-order valence-electron chi connectivity index (χ1n) is 7.85. The molecule has 5 heteroatoms. The minimum absolute atomic E-state index is 0.0233. The molecule has 1 fully saturated rings. The van der Waals surface area contributed by atoms with E-state index in [1.807, 2.05) is 16.9 Å². The second kappa shape index (κ2) is 5.50. The number of hydrogen-bond donors (Lipinski definition) is 2. The summed E-state index contributed by atoms with van der Waals surface area (Å²) in [6.07, 6.45) is 4.12. The lowest BCUT2D eigenvalue weighted by Gasteiger charge is -2.43. The van der Waals surface area contributed by atoms with Gasteiger partial charge < -0.3 is 15.2 Å². The van der Waals surface area contributed by atoms with Crippen LogP contribution in [0.3, 0.4) is 0 Å². The summed E-state index contributed by atoms with van der Waals surface area (Å²) in [6, 6.07) is 8.97. The summed E-state index contributed by atoms with van der Waals surface area (Å²) >= 11 is 0. The Bertz CT molecular complexity index is 656. The van der Waals surface area contributed by atoms with Gasteiger partial charge in [-0.2, -0.15) is 5.10 Å². The van der Waals surface area contributed by atoms with Crippen LogP contribution in [-0.4, -0.2) is 27.0 Å². The molecule has 0 spiro atoms. The van der Waals surface area contributed by atoms with Crippen molar-refractivity contribution in [1.82, 2.24) is 15.1 Å². The minimum Gasteiger partial charge on any atom is -0.391 e. The lowest BCUT2D eigenvalue weighted by atomic mass is 9.82. The predicted octanol–water partition coefficient (Wildman–Crippen LogP) is 1.94. The zero-order chi connectivity index (χ0) is 15.1. The lowest BCUT2D eigenvalue weighted by molar-refractivity contribution is -0.0110. The van der Waals surface area contributed by atoms with Crippen molar-refractivity contribution in [3.8, 4) is 0 Å². The third kappa shape index (κ3) is 2.35. The van der Waals surface area contributed by atoms with Crippen LogP contribution in [0, 0.1) is 0 Å². The van der Waals surface area contributed by atoms with Gasteiger partial charge in [0, 0.05) is 24.5 Å². The Morgan fingerprint density at radius 3 is 3.00 bits per heavy atom. The zero-order valence-corrected chi connectivity index (χ0v) is 12.6. The van der Waals surface area contributed by atoms with Crippen molar-refractivity contribution in [3.63, 3.8) is 0 Å². The Kier molecular flexibility index (Phi) is 3.48. The predicted molar refractivity (Wildman–Crippen MR) is 82.2 cm³/mol. The first-order chi connectivity index (χ1) is 10.7. The van der Waals surface area contributed by atoms with Crippen LogP contribution in [0.25, 0.3) is 0 Å². The number of aliphatic hydroxyl groups excluding tert-OH is 1. The number of nitrogens with one attached hydrogen (secondary N) is 1. The molecule has 0 radical (unpaired) electrons. The fourth-order valence-corrected chi connectivity index (χ4v) is 3.47. The highest BCUT2D eigenvalue weighted by atomic mass is 16.5. The number of rotatable bonds is 4. The average Bonchev–Trinajstić information content (AvgIpc) is 3.16. The molecule has 0 amide bonds. The van der Waals surface area contributed by atoms with Gasteiger partial charge in [-0.3, -0.25) is 4.68 Å². The summed E-state index contributed by atoms with van der Waals surface area (Å²) in [5.74, 6) is 0. The molecule has 5 nitrogen and oxygen atoms in total. The highest BCUT2D eigenvalue weighted by Gasteiger charge is 2.42. The Hall–Kier alpha value is -1.69. The van der Waals surface area contributed by atoms with Gasteiger partial charge in [0.05, 0.1) is 25.4 Å². The fourth-order valence-electron chi connectivity index (χ4n) is 3.47. The van der Waals surface area contributed by atoms with Gasteiger partial charge in [-0.15, -0.1) is 0 Å². The molecule has 116 valence electrons. The summed E-state index contributed by atoms with van der Waals surface area (Å²) in [4.78, 5) is 0. The highest BCUT2D eigenvalue weighted by molar-refractivity contribution is 5.34. The van der Waals surface area contributed by atoms with Crippen LogP contribution in [0.1, 0.15) is 42.1 Å². The molecule has 2 heterocycles. The molecule has 0 saturated heterocycles. The molecule has 1 aromatic carbocycles. The van der Waals surface area contributed by atoms with E-state index >= 15 is 0 Å². The number of nitrogens with zero attached hydrogens (tertiary/aromatic N) is 2. The molecule has 1 aromatic heterocycles. The number of aliphatic hydroxyl groups is 1. The number of hydrogen-bond acceptors (Lipinski definition) is 4. The van der Waals surface area contributed by atoms with Crippen LogP contribution < -0.4 is 5.32 Å². The van der Waals surface area contributed by atoms with E-state index in [2.05, 4.69) is 35.5 Å². The molecule has 1 aliphatic heterocycles. The molecular weight excluding hydrogens is 278 g/mol. The highest BCUT2D eigenvalue weighted by Crippen LogP contribution is 2.34. The molecule has 1 aliphatic carbocycles. The van der Waals surface area contributed by atoms with Gasteiger partial charge in [-0.25, -0.2) is 0 Å². The number of aromatic nitrogens is 2. The molecule has 0 bridgehead atoms. The topological polar surface area (TPSA) is 59.3 Å². The Labute approximate surface area is 129 Å². The fraction of sp³-hybridized carbons (Fsp3) is 0.471. The summed E-state index contributed by atoms with van der Waals surface area (Å²) in [6.45, 7) is 3.62. The van der Waals surface area contributed by atoms with Gasteiger partial charge in [0.15, 0.2) is 0 Å². The maximum absolute atomic E-state index is 10.0. The van der Waals surface area contributed by atoms with Crippen LogP contribution in [0.2, 0.25) is 0 Å². The van der Waals surface area contributed by atoms with E-state index in [1.54, 1.807) is 6.20 Å². The largest absolute Gasteiger partial charge is 0.391 e. The molecule has 2 N–H and O–H groups in total. The molecule has 4 rings (SSSR count). The summed E-state index contributed by atoms with van der Waals surface area (Å²) in [5, 5.41) is 17.9. The Balaban J connectivity index is 1.47. The maximum atomic E-state index is 10.0. The second-order valence-corrected chi connectivity index (χ2v) is 6.30. The van der Waals surface area contributed by atoms with E-state index in [0.29, 0.717) is 6.61 Å². The van der Waals surface area contributed by atoms with E-state index in [9.17, 15) is 5.11 Å². The Morgan fingerprint density at radius 1 is 1.36 bits per heavy atom. The van der Waals surface area contributed by atoms with E-state index in [4.69, 9.17) is 4.74 Å². The van der Waals surface area contributed by atoms with Gasteiger partial charge in [-0.1, -0.05) is 18.2 Å². The molecule has 1 unspecified atom stereocenters. The van der Waals surface area contributed by atoms with Crippen LogP contribution in [0.4, 0.5) is 0 Å². The maximum Gasteiger partial charge on any atom is 0.0932 e. The molecule has 2 aromatic rings. The van der Waals surface area contributed by atoms with E-state index in [1.165, 1.54) is 16.7 Å². The normalized spacial score (nSPS) is 28.2. The van der Waals surface area contributed by atoms with Crippen LogP contribution in [0.15, 0.2) is 36.7 Å². The third-order valence-electron chi connectivity index (χ3n) is 4.84. The summed E-state index contributed by atoms with van der Waals surface area (Å²) in [5.41, 5.74) is 3.86. The van der Waals surface area contributed by atoms with E-state index in [0.717, 1.165) is 13.0 Å². The monoisotopic (exact) mass is 299 g/mol. The standard InChI is InChI=1S/C17H21N3O2/c1-11(12-3-4-13-9-22-10-14(13)7-12)19-15-8-16(21)17(15)20-6-2-5-18-20/h2-7,11,15-17,19,21H,8-10H2,1H3/t11?,15-,16+,17+/m0/s1. The van der Waals surface area contributed by atoms with Crippen molar-refractivity contribution in [2.24, 2.45) is 0 Å². The van der Waals surface area contributed by atoms with E-state index in [-0.39, 0.29) is 24.2 Å². The first-order valence-corrected chi connectivity index (χ1v) is 7.85. The van der Waals surface area contributed by atoms with Crippen molar-refractivity contribution in [1.29, 1.82) is 0 Å². The van der Waals surface area contributed by atoms with Crippen molar-refractivity contribution < 1.29 is 9.84 Å². The van der Waals surface area contributed by atoms with Gasteiger partial charge >= 0.3 is 0 Å². The second-order valence-electron chi connectivity index (χ2n) is 6.30. The average molecular weight is 299 g/mol. The number of fused-ring (bicyclic) bond motifs is 1. The zero-order valence-electron chi connectivity index (χ0n) is 12.6. The van der Waals surface area contributed by atoms with Crippen molar-refractivity contribution in [2.75, 3.05) is 0 Å². The molecule has 22 heavy (non-hydrogen) atoms. The first kappa shape index (κ1) is 13.9. The smallest absolute Gasteiger partial charge is 0.0932 e. The molecule has 4 atom stereocenters. The molecule has 2 aliphatic rings. The van der Waals surface area contributed by atoms with Crippen LogP contribution in [-0.2, 0) is 18.0 Å². The SMILES string of the molecule is CC(N[C@H]1C[C@@H](O)[C@@H]1n1cccn1)c1ccc2c(c1)COC2. The number of ether oxygens (including phenoxy) is 1. The molecular formula is C17H21N3O2. The van der Waals surface area contributed by atoms with Crippen LogP contribution in [0.5, 0.6) is 0 Å². The van der Waals surface area contributed by atoms with Gasteiger partial charge in [0.25, 0.3) is 0 Å². The van der Waals surface area contributed by atoms with Crippen LogP contribution >= 0.6 is 0 Å². The van der Waals surface area contributed by atoms with E-state index < -0.39 is 0 Å². The summed E-state index contributed by atoms with van der Waals surface area (Å²) < 4.78 is 7.33. The van der Waals surface area contributed by atoms with Gasteiger partial charge in [0.1, 0.15) is 0 Å². The molecule has 1 saturated carbocycles. The van der Waals surface area contributed by atoms with Gasteiger partial charge in [0.2, 0.25) is 0 Å². The number of benzene rings is 1. The lowest BCUT2D eigenvalue weighted by Crippen LogP contribution is -2.55. The summed E-state index contributed by atoms with van der Waals surface area (Å²) in [7, 11) is 0. The Morgan fingerprint density at radius 2 is 2.23 bits per heavy atom. The third-order valence-corrected chi connectivity index (χ3v) is 4.84. The quantitative estimate of drug-likeness (QED) is 0.906. The van der Waals surface area contributed by atoms with Crippen molar-refractivity contribution in [3.05, 3.63) is 53.3 Å². The van der Waals surface area contributed by atoms with Gasteiger partial charge in [-0.05, 0) is 36.1 Å².